The first-order chi connectivity index (χ1) is 16.7. The van der Waals surface area contributed by atoms with E-state index in [0.717, 1.165) is 55.1 Å². The van der Waals surface area contributed by atoms with Crippen molar-refractivity contribution in [3.05, 3.63) is 70.9 Å². The van der Waals surface area contributed by atoms with Gasteiger partial charge in [-0.1, -0.05) is 48.2 Å². The van der Waals surface area contributed by atoms with Crippen LogP contribution in [0.4, 0.5) is 0 Å². The number of hydrogen-bond acceptors (Lipinski definition) is 5. The smallest absolute Gasteiger partial charge is 0.258 e. The van der Waals surface area contributed by atoms with Crippen LogP contribution in [0.1, 0.15) is 36.9 Å². The summed E-state index contributed by atoms with van der Waals surface area (Å²) >= 11 is 1.40. The SMILES string of the molecule is Cl.Cl.O=C(NC(CCCc1ccccc1)C(=O)NC1CCNCC1)C1=Cc2cnc3cccc(n23)S1. The monoisotopic (exact) mass is 547 g/mol. The van der Waals surface area contributed by atoms with Crippen LogP contribution in [0.5, 0.6) is 0 Å². The maximum atomic E-state index is 13.3. The van der Waals surface area contributed by atoms with E-state index in [2.05, 4.69) is 33.1 Å². The van der Waals surface area contributed by atoms with Crippen LogP contribution < -0.4 is 16.0 Å². The van der Waals surface area contributed by atoms with Crippen molar-refractivity contribution in [1.82, 2.24) is 25.3 Å². The third-order valence-corrected chi connectivity index (χ3v) is 7.40. The molecule has 36 heavy (non-hydrogen) atoms. The zero-order chi connectivity index (χ0) is 23.3. The van der Waals surface area contributed by atoms with Gasteiger partial charge in [0, 0.05) is 6.04 Å². The number of halogens is 2. The molecule has 0 aliphatic carbocycles. The lowest BCUT2D eigenvalue weighted by Crippen LogP contribution is -2.51. The molecule has 3 aromatic rings. The van der Waals surface area contributed by atoms with Gasteiger partial charge in [0.05, 0.1) is 21.8 Å². The van der Waals surface area contributed by atoms with Gasteiger partial charge in [-0.2, -0.15) is 0 Å². The summed E-state index contributed by atoms with van der Waals surface area (Å²) in [6.45, 7) is 1.80. The number of benzene rings is 1. The number of amides is 2. The van der Waals surface area contributed by atoms with E-state index >= 15 is 0 Å². The second kappa shape index (κ2) is 13.1. The summed E-state index contributed by atoms with van der Waals surface area (Å²) < 4.78 is 2.03. The molecule has 1 aromatic carbocycles. The van der Waals surface area contributed by atoms with E-state index in [9.17, 15) is 9.59 Å². The molecule has 1 atom stereocenters. The summed E-state index contributed by atoms with van der Waals surface area (Å²) in [5, 5.41) is 10.5. The number of rotatable bonds is 8. The number of nitrogens with one attached hydrogen (secondary N) is 3. The van der Waals surface area contributed by atoms with Crippen LogP contribution in [-0.4, -0.2) is 46.4 Å². The Morgan fingerprint density at radius 2 is 1.86 bits per heavy atom. The van der Waals surface area contributed by atoms with Gasteiger partial charge in [-0.15, -0.1) is 24.8 Å². The van der Waals surface area contributed by atoms with Crippen LogP contribution in [0.3, 0.4) is 0 Å². The second-order valence-electron chi connectivity index (χ2n) is 8.79. The highest BCUT2D eigenvalue weighted by Gasteiger charge is 2.27. The highest BCUT2D eigenvalue weighted by molar-refractivity contribution is 8.04. The fourth-order valence-electron chi connectivity index (χ4n) is 4.52. The number of carbonyl (C=O) groups excluding carboxylic acids is 2. The van der Waals surface area contributed by atoms with Crippen LogP contribution in [-0.2, 0) is 16.0 Å². The van der Waals surface area contributed by atoms with Crippen LogP contribution in [0.15, 0.2) is 64.7 Å². The molecule has 7 nitrogen and oxygen atoms in total. The lowest BCUT2D eigenvalue weighted by atomic mass is 10.0. The maximum Gasteiger partial charge on any atom is 0.258 e. The molecule has 2 amide bonds. The molecule has 2 aromatic heterocycles. The number of nitrogens with zero attached hydrogens (tertiary/aromatic N) is 2. The van der Waals surface area contributed by atoms with Crippen molar-refractivity contribution >= 4 is 60.1 Å². The fourth-order valence-corrected chi connectivity index (χ4v) is 5.51. The topological polar surface area (TPSA) is 87.5 Å². The molecule has 1 unspecified atom stereocenters. The molecular formula is C26H31Cl2N5O2S. The Labute approximate surface area is 227 Å². The van der Waals surface area contributed by atoms with Gasteiger partial charge in [-0.3, -0.25) is 14.0 Å². The number of aromatic nitrogens is 2. The minimum atomic E-state index is -0.574. The Morgan fingerprint density at radius 3 is 2.64 bits per heavy atom. The maximum absolute atomic E-state index is 13.3. The summed E-state index contributed by atoms with van der Waals surface area (Å²) in [5.74, 6) is -0.318. The molecule has 5 rings (SSSR count). The quantitative estimate of drug-likeness (QED) is 0.396. The molecule has 1 saturated heterocycles. The average molecular weight is 549 g/mol. The highest BCUT2D eigenvalue weighted by Crippen LogP contribution is 2.34. The van der Waals surface area contributed by atoms with Gasteiger partial charge in [-0.05, 0) is 69.0 Å². The first-order valence-electron chi connectivity index (χ1n) is 11.9. The van der Waals surface area contributed by atoms with Crippen LogP contribution in [0.25, 0.3) is 11.7 Å². The van der Waals surface area contributed by atoms with Gasteiger partial charge in [0.1, 0.15) is 11.7 Å². The van der Waals surface area contributed by atoms with Gasteiger partial charge in [0.2, 0.25) is 5.91 Å². The Bertz CT molecular complexity index is 1210. The molecule has 10 heteroatoms. The summed E-state index contributed by atoms with van der Waals surface area (Å²) in [6.07, 6.45) is 7.70. The van der Waals surface area contributed by atoms with E-state index < -0.39 is 6.04 Å². The second-order valence-corrected chi connectivity index (χ2v) is 9.85. The number of aryl methyl sites for hydroxylation is 1. The van der Waals surface area contributed by atoms with Gasteiger partial charge >= 0.3 is 0 Å². The van der Waals surface area contributed by atoms with Crippen molar-refractivity contribution in [3.8, 4) is 0 Å². The summed E-state index contributed by atoms with van der Waals surface area (Å²) in [4.78, 5) is 31.4. The first-order valence-corrected chi connectivity index (χ1v) is 12.7. The molecular weight excluding hydrogens is 517 g/mol. The van der Waals surface area contributed by atoms with Crippen LogP contribution in [0.2, 0.25) is 0 Å². The van der Waals surface area contributed by atoms with Gasteiger partial charge in [0.15, 0.2) is 0 Å². The van der Waals surface area contributed by atoms with E-state index in [-0.39, 0.29) is 42.7 Å². The molecule has 0 bridgehead atoms. The Balaban J connectivity index is 0.00000180. The van der Waals surface area contributed by atoms with E-state index in [4.69, 9.17) is 0 Å². The highest BCUT2D eigenvalue weighted by atomic mass is 35.5. The molecule has 0 spiro atoms. The lowest BCUT2D eigenvalue weighted by Gasteiger charge is -2.27. The van der Waals surface area contributed by atoms with Gasteiger partial charge in [0.25, 0.3) is 5.91 Å². The Hall–Kier alpha value is -2.52. The number of thioether (sulfide) groups is 1. The van der Waals surface area contributed by atoms with Crippen LogP contribution >= 0.6 is 36.6 Å². The number of hydrogen-bond donors (Lipinski definition) is 3. The first kappa shape index (κ1) is 28.1. The lowest BCUT2D eigenvalue weighted by molar-refractivity contribution is -0.128. The summed E-state index contributed by atoms with van der Waals surface area (Å²) in [6, 6.07) is 15.7. The summed E-state index contributed by atoms with van der Waals surface area (Å²) in [7, 11) is 0. The van der Waals surface area contributed by atoms with Crippen LogP contribution in [0, 0.1) is 0 Å². The largest absolute Gasteiger partial charge is 0.351 e. The Kier molecular flexibility index (Phi) is 10.2. The normalized spacial score (nSPS) is 15.7. The standard InChI is InChI=1S/C26H29N5O2S.2ClH/c32-25(29-19-12-14-27-15-13-19)21(9-4-8-18-6-2-1-3-7-18)30-26(33)22-16-20-17-28-23-10-5-11-24(34-22)31(20)23;;/h1-3,5-7,10-11,16-17,19,21,27H,4,8-9,12-15H2,(H,29,32)(H,30,33);2*1H. The molecule has 2 aliphatic rings. The number of carbonyl (C=O) groups is 2. The van der Waals surface area contributed by atoms with Gasteiger partial charge in [-0.25, -0.2) is 4.98 Å². The number of imidazole rings is 1. The van der Waals surface area contributed by atoms with E-state index in [1.165, 1.54) is 17.3 Å². The molecule has 0 radical (unpaired) electrons. The van der Waals surface area contributed by atoms with Crippen molar-refractivity contribution in [2.45, 2.75) is 49.2 Å². The van der Waals surface area contributed by atoms with E-state index in [1.54, 1.807) is 6.20 Å². The fraction of sp³-hybridized carbons (Fsp3) is 0.346. The van der Waals surface area contributed by atoms with Crippen molar-refractivity contribution in [3.63, 3.8) is 0 Å². The van der Waals surface area contributed by atoms with Crippen molar-refractivity contribution in [2.24, 2.45) is 0 Å². The van der Waals surface area contributed by atoms with E-state index in [1.807, 2.05) is 46.9 Å². The molecule has 3 N–H and O–H groups in total. The predicted molar refractivity (Wildman–Crippen MR) is 149 cm³/mol. The number of pyridine rings is 1. The van der Waals surface area contributed by atoms with Crippen molar-refractivity contribution < 1.29 is 9.59 Å². The van der Waals surface area contributed by atoms with Crippen molar-refractivity contribution in [2.75, 3.05) is 13.1 Å². The minimum Gasteiger partial charge on any atom is -0.351 e. The Morgan fingerprint density at radius 1 is 1.08 bits per heavy atom. The summed E-state index contributed by atoms with van der Waals surface area (Å²) in [5.41, 5.74) is 2.96. The molecule has 2 aliphatic heterocycles. The molecule has 0 saturated carbocycles. The number of piperidine rings is 1. The van der Waals surface area contributed by atoms with E-state index in [0.29, 0.717) is 11.3 Å². The zero-order valence-electron chi connectivity index (χ0n) is 19.8. The third-order valence-electron chi connectivity index (χ3n) is 6.35. The molecule has 1 fully saturated rings. The third kappa shape index (κ3) is 6.62. The van der Waals surface area contributed by atoms with Crippen molar-refractivity contribution in [1.29, 1.82) is 0 Å². The molecule has 4 heterocycles. The zero-order valence-corrected chi connectivity index (χ0v) is 22.3. The van der Waals surface area contributed by atoms with Gasteiger partial charge < -0.3 is 16.0 Å². The minimum absolute atomic E-state index is 0. The average Bonchev–Trinajstić information content (AvgIpc) is 3.29. The molecule has 192 valence electrons. The predicted octanol–water partition coefficient (Wildman–Crippen LogP) is 4.00.